The van der Waals surface area contributed by atoms with Gasteiger partial charge in [-0.1, -0.05) is 59.7 Å². The van der Waals surface area contributed by atoms with Gasteiger partial charge in [0.2, 0.25) is 0 Å². The second kappa shape index (κ2) is 3.86. The summed E-state index contributed by atoms with van der Waals surface area (Å²) in [6.07, 6.45) is 2.53. The van der Waals surface area contributed by atoms with Crippen molar-refractivity contribution in [3.8, 4) is 0 Å². The largest absolute Gasteiger partial charge is 0.0645 e. The number of benzene rings is 1. The molecule has 0 fully saturated rings. The third-order valence-electron chi connectivity index (χ3n) is 4.70. The van der Waals surface area contributed by atoms with Crippen molar-refractivity contribution in [3.05, 3.63) is 34.9 Å². The molecule has 0 bridgehead atoms. The van der Waals surface area contributed by atoms with Crippen molar-refractivity contribution in [2.45, 2.75) is 71.1 Å². The van der Waals surface area contributed by atoms with Crippen LogP contribution in [0.5, 0.6) is 0 Å². The molecule has 1 aromatic carbocycles. The summed E-state index contributed by atoms with van der Waals surface area (Å²) in [6.45, 7) is 14.1. The van der Waals surface area contributed by atoms with Crippen LogP contribution in [0.2, 0.25) is 0 Å². The maximum atomic E-state index is 2.46. The van der Waals surface area contributed by atoms with Crippen molar-refractivity contribution in [1.29, 1.82) is 0 Å². The fourth-order valence-electron chi connectivity index (χ4n) is 3.49. The molecule has 1 aliphatic carbocycles. The lowest BCUT2D eigenvalue weighted by atomic mass is 9.78. The number of fused-ring (bicyclic) bond motifs is 1. The van der Waals surface area contributed by atoms with E-state index in [1.165, 1.54) is 18.4 Å². The Bertz CT molecular complexity index is 426. The smallest absolute Gasteiger partial charge is 0.00667 e. The molecule has 0 N–H and O–H groups in total. The number of rotatable bonds is 2. The van der Waals surface area contributed by atoms with Gasteiger partial charge in [0.1, 0.15) is 0 Å². The zero-order valence-corrected chi connectivity index (χ0v) is 12.2. The summed E-state index contributed by atoms with van der Waals surface area (Å²) in [4.78, 5) is 0. The monoisotopic (exact) mass is 230 g/mol. The maximum Gasteiger partial charge on any atom is -0.00667 e. The van der Waals surface area contributed by atoms with Crippen LogP contribution < -0.4 is 0 Å². The molecular formula is C17H26. The van der Waals surface area contributed by atoms with Crippen LogP contribution in [-0.2, 0) is 10.8 Å². The average molecular weight is 230 g/mol. The summed E-state index contributed by atoms with van der Waals surface area (Å²) in [5.41, 5.74) is 5.39. The molecule has 0 aromatic heterocycles. The highest BCUT2D eigenvalue weighted by atomic mass is 14.5. The van der Waals surface area contributed by atoms with E-state index in [0.29, 0.717) is 16.7 Å². The van der Waals surface area contributed by atoms with Gasteiger partial charge in [-0.25, -0.2) is 0 Å². The van der Waals surface area contributed by atoms with Gasteiger partial charge in [-0.15, -0.1) is 0 Å². The SMILES string of the molecule is CCC1(C)CC(C)(C)c2cc(C(C)C)ccc21. The molecule has 1 atom stereocenters. The van der Waals surface area contributed by atoms with Gasteiger partial charge in [-0.2, -0.15) is 0 Å². The lowest BCUT2D eigenvalue weighted by Crippen LogP contribution is -2.20. The topological polar surface area (TPSA) is 0 Å². The molecule has 0 nitrogen and oxygen atoms in total. The molecule has 0 heterocycles. The van der Waals surface area contributed by atoms with Crippen molar-refractivity contribution < 1.29 is 0 Å². The summed E-state index contributed by atoms with van der Waals surface area (Å²) in [5, 5.41) is 0. The molecular weight excluding hydrogens is 204 g/mol. The van der Waals surface area contributed by atoms with Gasteiger partial charge in [0.05, 0.1) is 0 Å². The average Bonchev–Trinajstić information content (AvgIpc) is 2.47. The van der Waals surface area contributed by atoms with Gasteiger partial charge in [-0.3, -0.25) is 0 Å². The molecule has 0 radical (unpaired) electrons. The van der Waals surface area contributed by atoms with Crippen LogP contribution in [0.3, 0.4) is 0 Å². The molecule has 94 valence electrons. The minimum absolute atomic E-state index is 0.338. The molecule has 0 aliphatic heterocycles. The second-order valence-corrected chi connectivity index (χ2v) is 6.93. The van der Waals surface area contributed by atoms with Crippen LogP contribution in [0.25, 0.3) is 0 Å². The minimum Gasteiger partial charge on any atom is -0.0645 e. The molecule has 0 saturated heterocycles. The Kier molecular flexibility index (Phi) is 2.88. The predicted octanol–water partition coefficient (Wildman–Crippen LogP) is 5.16. The number of hydrogen-bond acceptors (Lipinski definition) is 0. The first kappa shape index (κ1) is 12.7. The van der Waals surface area contributed by atoms with Gasteiger partial charge < -0.3 is 0 Å². The minimum atomic E-state index is 0.338. The maximum absolute atomic E-state index is 2.46. The fourth-order valence-corrected chi connectivity index (χ4v) is 3.49. The van der Waals surface area contributed by atoms with E-state index in [-0.39, 0.29) is 0 Å². The zero-order valence-electron chi connectivity index (χ0n) is 12.2. The fraction of sp³-hybridized carbons (Fsp3) is 0.647. The van der Waals surface area contributed by atoms with Crippen LogP contribution >= 0.6 is 0 Å². The Morgan fingerprint density at radius 3 is 2.29 bits per heavy atom. The van der Waals surface area contributed by atoms with Gasteiger partial charge in [0.15, 0.2) is 0 Å². The second-order valence-electron chi connectivity index (χ2n) is 6.93. The lowest BCUT2D eigenvalue weighted by Gasteiger charge is -2.25. The molecule has 0 spiro atoms. The van der Waals surface area contributed by atoms with Crippen molar-refractivity contribution in [1.82, 2.24) is 0 Å². The Labute approximate surface area is 106 Å². The van der Waals surface area contributed by atoms with E-state index >= 15 is 0 Å². The van der Waals surface area contributed by atoms with Gasteiger partial charge in [-0.05, 0) is 46.3 Å². The van der Waals surface area contributed by atoms with Crippen LogP contribution in [-0.4, -0.2) is 0 Å². The third kappa shape index (κ3) is 1.92. The van der Waals surface area contributed by atoms with Gasteiger partial charge in [0, 0.05) is 0 Å². The first-order chi connectivity index (χ1) is 7.80. The normalized spacial score (nSPS) is 26.3. The van der Waals surface area contributed by atoms with Crippen molar-refractivity contribution in [2.24, 2.45) is 0 Å². The van der Waals surface area contributed by atoms with Crippen LogP contribution in [0.15, 0.2) is 18.2 Å². The Hall–Kier alpha value is -0.780. The van der Waals surface area contributed by atoms with Crippen molar-refractivity contribution >= 4 is 0 Å². The molecule has 17 heavy (non-hydrogen) atoms. The third-order valence-corrected chi connectivity index (χ3v) is 4.70. The quantitative estimate of drug-likeness (QED) is 0.658. The van der Waals surface area contributed by atoms with E-state index in [9.17, 15) is 0 Å². The molecule has 1 aliphatic rings. The van der Waals surface area contributed by atoms with Crippen LogP contribution in [0.4, 0.5) is 0 Å². The first-order valence-electron chi connectivity index (χ1n) is 6.95. The summed E-state index contributed by atoms with van der Waals surface area (Å²) < 4.78 is 0. The van der Waals surface area contributed by atoms with E-state index in [1.54, 1.807) is 11.1 Å². The molecule has 0 saturated carbocycles. The number of hydrogen-bond donors (Lipinski definition) is 0. The molecule has 2 rings (SSSR count). The Morgan fingerprint density at radius 2 is 1.76 bits per heavy atom. The highest BCUT2D eigenvalue weighted by molar-refractivity contribution is 5.47. The van der Waals surface area contributed by atoms with Crippen LogP contribution in [0.1, 0.15) is 77.0 Å². The predicted molar refractivity (Wildman–Crippen MR) is 75.8 cm³/mol. The highest BCUT2D eigenvalue weighted by Gasteiger charge is 2.43. The molecule has 1 unspecified atom stereocenters. The summed E-state index contributed by atoms with van der Waals surface area (Å²) >= 11 is 0. The molecule has 1 aromatic rings. The van der Waals surface area contributed by atoms with E-state index in [2.05, 4.69) is 59.7 Å². The van der Waals surface area contributed by atoms with E-state index in [0.717, 1.165) is 0 Å². The van der Waals surface area contributed by atoms with Gasteiger partial charge in [0.25, 0.3) is 0 Å². The highest BCUT2D eigenvalue weighted by Crippen LogP contribution is 2.51. The van der Waals surface area contributed by atoms with E-state index in [4.69, 9.17) is 0 Å². The standard InChI is InChI=1S/C17H26/c1-7-17(6)11-16(4,5)15-10-13(12(2)3)8-9-14(15)17/h8-10,12H,7,11H2,1-6H3. The lowest BCUT2D eigenvalue weighted by molar-refractivity contribution is 0.367. The van der Waals surface area contributed by atoms with E-state index in [1.807, 2.05) is 0 Å². The van der Waals surface area contributed by atoms with Crippen LogP contribution in [0, 0.1) is 0 Å². The Balaban J connectivity index is 2.58. The van der Waals surface area contributed by atoms with E-state index < -0.39 is 0 Å². The molecule has 0 heteroatoms. The summed E-state index contributed by atoms with van der Waals surface area (Å²) in [7, 11) is 0. The van der Waals surface area contributed by atoms with Gasteiger partial charge >= 0.3 is 0 Å². The zero-order chi connectivity index (χ0) is 12.8. The first-order valence-corrected chi connectivity index (χ1v) is 6.95. The summed E-state index contributed by atoms with van der Waals surface area (Å²) in [5.74, 6) is 0.629. The van der Waals surface area contributed by atoms with Crippen molar-refractivity contribution in [3.63, 3.8) is 0 Å². The van der Waals surface area contributed by atoms with Crippen molar-refractivity contribution in [2.75, 3.05) is 0 Å². The molecule has 0 amide bonds. The Morgan fingerprint density at radius 1 is 1.12 bits per heavy atom. The summed E-state index contributed by atoms with van der Waals surface area (Å²) in [6, 6.07) is 7.18.